The van der Waals surface area contributed by atoms with E-state index in [-0.39, 0.29) is 12.0 Å². The number of ether oxygens (including phenoxy) is 5. The first-order valence-electron chi connectivity index (χ1n) is 15.2. The molecule has 5 atom stereocenters. The van der Waals surface area contributed by atoms with Crippen LogP contribution < -0.4 is 0 Å². The minimum absolute atomic E-state index is 0.238. The minimum Gasteiger partial charge on any atom is -0.465 e. The standard InChI is InChI=1S/C31H52O7/c1-3-4-5-6-7-9-16-25-20-21-27(32)26(25)17-10-8-13-22-31(30(33)34-2,37-28-18-11-14-23-35-28)38-29-19-12-15-24-36-29/h8-10,16,25-29,32H,3-7,11-15,17-24H2,1-2H3/b10-8-,16-9+/t25-,26+,27-,28?,29?,31?/m0/s1. The molecule has 2 unspecified atom stereocenters. The first kappa shape index (κ1) is 31.3. The molecule has 0 aromatic heterocycles. The zero-order valence-corrected chi connectivity index (χ0v) is 23.8. The minimum atomic E-state index is -1.57. The van der Waals surface area contributed by atoms with Crippen LogP contribution >= 0.6 is 0 Å². The lowest BCUT2D eigenvalue weighted by atomic mass is 9.90. The van der Waals surface area contributed by atoms with Crippen molar-refractivity contribution in [2.24, 2.45) is 11.8 Å². The summed E-state index contributed by atoms with van der Waals surface area (Å²) < 4.78 is 29.2. The van der Waals surface area contributed by atoms with Gasteiger partial charge in [0.15, 0.2) is 12.6 Å². The van der Waals surface area contributed by atoms with Crippen LogP contribution in [0.15, 0.2) is 24.3 Å². The van der Waals surface area contributed by atoms with Crippen LogP contribution in [0.4, 0.5) is 0 Å². The topological polar surface area (TPSA) is 83.5 Å². The number of rotatable bonds is 16. The van der Waals surface area contributed by atoms with Gasteiger partial charge in [0.2, 0.25) is 0 Å². The largest absolute Gasteiger partial charge is 0.465 e. The molecule has 3 fully saturated rings. The number of carbonyl (C=O) groups is 1. The van der Waals surface area contributed by atoms with Crippen LogP contribution in [0.5, 0.6) is 0 Å². The molecule has 0 bridgehead atoms. The lowest BCUT2D eigenvalue weighted by molar-refractivity contribution is -0.352. The van der Waals surface area contributed by atoms with E-state index < -0.39 is 24.3 Å². The Balaban J connectivity index is 1.57. The fourth-order valence-electron chi connectivity index (χ4n) is 5.78. The summed E-state index contributed by atoms with van der Waals surface area (Å²) in [7, 11) is 1.36. The summed E-state index contributed by atoms with van der Waals surface area (Å²) in [6.45, 7) is 3.46. The molecule has 218 valence electrons. The number of esters is 1. The highest BCUT2D eigenvalue weighted by molar-refractivity contribution is 5.77. The van der Waals surface area contributed by atoms with Gasteiger partial charge in [-0.05, 0) is 88.9 Å². The number of methoxy groups -OCH3 is 1. The van der Waals surface area contributed by atoms with Gasteiger partial charge in [0.05, 0.1) is 13.2 Å². The van der Waals surface area contributed by atoms with Crippen molar-refractivity contribution in [2.75, 3.05) is 20.3 Å². The fourth-order valence-corrected chi connectivity index (χ4v) is 5.78. The van der Waals surface area contributed by atoms with Crippen LogP contribution in [0.1, 0.15) is 110 Å². The monoisotopic (exact) mass is 536 g/mol. The molecule has 1 N–H and O–H groups in total. The molecule has 3 aliphatic rings. The molecule has 0 radical (unpaired) electrons. The van der Waals surface area contributed by atoms with E-state index in [1.165, 1.54) is 32.8 Å². The second kappa shape index (κ2) is 17.4. The lowest BCUT2D eigenvalue weighted by Gasteiger charge is -2.38. The molecule has 0 amide bonds. The predicted octanol–water partition coefficient (Wildman–Crippen LogP) is 6.58. The van der Waals surface area contributed by atoms with Crippen molar-refractivity contribution in [1.82, 2.24) is 0 Å². The summed E-state index contributed by atoms with van der Waals surface area (Å²) in [4.78, 5) is 13.1. The van der Waals surface area contributed by atoms with Crippen molar-refractivity contribution in [3.8, 4) is 0 Å². The number of allylic oxidation sites excluding steroid dienone is 4. The van der Waals surface area contributed by atoms with E-state index in [9.17, 15) is 9.90 Å². The van der Waals surface area contributed by atoms with Crippen molar-refractivity contribution in [3.63, 3.8) is 0 Å². The van der Waals surface area contributed by atoms with Crippen LogP contribution in [0, 0.1) is 11.8 Å². The second-order valence-corrected chi connectivity index (χ2v) is 11.1. The maximum atomic E-state index is 13.1. The smallest absolute Gasteiger partial charge is 0.366 e. The molecule has 2 heterocycles. The Morgan fingerprint density at radius 2 is 1.61 bits per heavy atom. The van der Waals surface area contributed by atoms with E-state index in [1.807, 2.05) is 0 Å². The summed E-state index contributed by atoms with van der Waals surface area (Å²) in [6, 6.07) is 0. The SMILES string of the molecule is CCCCCC/C=C/[C@H]1CC[C@H](O)[C@@H]1C/C=C\CCC(OC1CCCCO1)(OC1CCCCO1)C(=O)OC. The molecule has 3 rings (SSSR count). The van der Waals surface area contributed by atoms with Gasteiger partial charge in [0.25, 0.3) is 5.79 Å². The molecule has 1 saturated carbocycles. The lowest BCUT2D eigenvalue weighted by Crippen LogP contribution is -2.51. The Bertz CT molecular complexity index is 689. The maximum absolute atomic E-state index is 13.1. The Morgan fingerprint density at radius 3 is 2.21 bits per heavy atom. The summed E-state index contributed by atoms with van der Waals surface area (Å²) in [5, 5.41) is 10.6. The third-order valence-corrected chi connectivity index (χ3v) is 8.08. The van der Waals surface area contributed by atoms with Gasteiger partial charge in [-0.1, -0.05) is 50.5 Å². The molecule has 0 spiro atoms. The first-order chi connectivity index (χ1) is 18.6. The highest BCUT2D eigenvalue weighted by Gasteiger charge is 2.47. The highest BCUT2D eigenvalue weighted by Crippen LogP contribution is 2.36. The van der Waals surface area contributed by atoms with Crippen molar-refractivity contribution < 1.29 is 33.6 Å². The number of carbonyl (C=O) groups excluding carboxylic acids is 1. The third kappa shape index (κ3) is 10.1. The van der Waals surface area contributed by atoms with Crippen LogP contribution in [0.25, 0.3) is 0 Å². The number of unbranched alkanes of at least 4 members (excludes halogenated alkanes) is 4. The van der Waals surface area contributed by atoms with Crippen LogP contribution in [-0.4, -0.2) is 55.9 Å². The number of aliphatic hydroxyl groups is 1. The molecule has 38 heavy (non-hydrogen) atoms. The summed E-state index contributed by atoms with van der Waals surface area (Å²) in [5.74, 6) is -1.46. The van der Waals surface area contributed by atoms with Gasteiger partial charge in [-0.2, -0.15) is 0 Å². The van der Waals surface area contributed by atoms with Crippen molar-refractivity contribution in [2.45, 2.75) is 134 Å². The first-order valence-corrected chi connectivity index (χ1v) is 15.2. The van der Waals surface area contributed by atoms with Crippen LogP contribution in [0.2, 0.25) is 0 Å². The molecule has 7 nitrogen and oxygen atoms in total. The summed E-state index contributed by atoms with van der Waals surface area (Å²) in [6.07, 6.45) is 22.8. The quantitative estimate of drug-likeness (QED) is 0.103. The number of aliphatic hydroxyl groups excluding tert-OH is 1. The normalized spacial score (nSPS) is 30.1. The Labute approximate surface area is 230 Å². The molecule has 0 aromatic carbocycles. The average molecular weight is 537 g/mol. The number of hydrogen-bond donors (Lipinski definition) is 1. The fraction of sp³-hybridized carbons (Fsp3) is 0.839. The van der Waals surface area contributed by atoms with Crippen LogP contribution in [0.3, 0.4) is 0 Å². The predicted molar refractivity (Wildman–Crippen MR) is 147 cm³/mol. The van der Waals surface area contributed by atoms with E-state index >= 15 is 0 Å². The van der Waals surface area contributed by atoms with Gasteiger partial charge >= 0.3 is 5.97 Å². The average Bonchev–Trinajstić information content (AvgIpc) is 3.29. The van der Waals surface area contributed by atoms with E-state index in [1.54, 1.807) is 0 Å². The molecular formula is C31H52O7. The van der Waals surface area contributed by atoms with E-state index in [0.29, 0.717) is 32.0 Å². The number of hydrogen-bond acceptors (Lipinski definition) is 7. The summed E-state index contributed by atoms with van der Waals surface area (Å²) in [5.41, 5.74) is 0. The molecule has 7 heteroatoms. The molecular weight excluding hydrogens is 484 g/mol. The van der Waals surface area contributed by atoms with Gasteiger partial charge in [-0.25, -0.2) is 4.79 Å². The van der Waals surface area contributed by atoms with Crippen molar-refractivity contribution in [3.05, 3.63) is 24.3 Å². The van der Waals surface area contributed by atoms with Crippen molar-refractivity contribution in [1.29, 1.82) is 0 Å². The Kier molecular flexibility index (Phi) is 14.4. The Hall–Kier alpha value is -1.25. The molecule has 0 aromatic rings. The van der Waals surface area contributed by atoms with Gasteiger partial charge in [-0.15, -0.1) is 0 Å². The molecule has 2 aliphatic heterocycles. The molecule has 2 saturated heterocycles. The van der Waals surface area contributed by atoms with E-state index in [2.05, 4.69) is 31.2 Å². The van der Waals surface area contributed by atoms with Crippen molar-refractivity contribution >= 4 is 5.97 Å². The van der Waals surface area contributed by atoms with E-state index in [4.69, 9.17) is 23.7 Å². The van der Waals surface area contributed by atoms with Gasteiger partial charge < -0.3 is 28.8 Å². The zero-order chi connectivity index (χ0) is 27.1. The van der Waals surface area contributed by atoms with Gasteiger partial charge in [0.1, 0.15) is 0 Å². The van der Waals surface area contributed by atoms with E-state index in [0.717, 1.165) is 64.2 Å². The third-order valence-electron chi connectivity index (χ3n) is 8.08. The van der Waals surface area contributed by atoms with Gasteiger partial charge in [0, 0.05) is 19.6 Å². The second-order valence-electron chi connectivity index (χ2n) is 11.1. The Morgan fingerprint density at radius 1 is 0.895 bits per heavy atom. The molecule has 1 aliphatic carbocycles. The summed E-state index contributed by atoms with van der Waals surface area (Å²) >= 11 is 0. The highest BCUT2D eigenvalue weighted by atomic mass is 16.8. The maximum Gasteiger partial charge on any atom is 0.366 e. The zero-order valence-electron chi connectivity index (χ0n) is 23.8. The van der Waals surface area contributed by atoms with Crippen LogP contribution in [-0.2, 0) is 28.5 Å². The van der Waals surface area contributed by atoms with Gasteiger partial charge in [-0.3, -0.25) is 0 Å².